The third-order valence-corrected chi connectivity index (χ3v) is 3.50. The molecular weight excluding hydrogens is 166 g/mol. The van der Waals surface area contributed by atoms with E-state index in [0.717, 1.165) is 6.42 Å². The van der Waals surface area contributed by atoms with E-state index in [-0.39, 0.29) is 22.8 Å². The summed E-state index contributed by atoms with van der Waals surface area (Å²) in [5.74, 6) is 0.0844. The van der Waals surface area contributed by atoms with Crippen molar-refractivity contribution in [2.24, 2.45) is 11.3 Å². The minimum Gasteiger partial charge on any atom is -0.373 e. The maximum Gasteiger partial charge on any atom is 0.230 e. The van der Waals surface area contributed by atoms with Gasteiger partial charge in [0.1, 0.15) is 5.60 Å². The molecule has 13 heavy (non-hydrogen) atoms. The SMILES string of the molecule is CO[C@]12C=CNC(=O)[C@H]1CC2(C)C. The predicted molar refractivity (Wildman–Crippen MR) is 48.9 cm³/mol. The fraction of sp³-hybridized carbons (Fsp3) is 0.700. The Morgan fingerprint density at radius 1 is 1.62 bits per heavy atom. The number of methoxy groups -OCH3 is 1. The summed E-state index contributed by atoms with van der Waals surface area (Å²) in [5.41, 5.74) is -0.296. The van der Waals surface area contributed by atoms with Crippen molar-refractivity contribution in [2.75, 3.05) is 7.11 Å². The predicted octanol–water partition coefficient (Wildman–Crippen LogP) is 1.06. The minimum atomic E-state index is -0.366. The summed E-state index contributed by atoms with van der Waals surface area (Å²) < 4.78 is 5.52. The largest absolute Gasteiger partial charge is 0.373 e. The molecule has 1 heterocycles. The van der Waals surface area contributed by atoms with Crippen LogP contribution in [0.25, 0.3) is 0 Å². The van der Waals surface area contributed by atoms with Crippen LogP contribution in [-0.4, -0.2) is 18.6 Å². The summed E-state index contributed by atoms with van der Waals surface area (Å²) >= 11 is 0. The zero-order chi connectivity index (χ0) is 9.69. The van der Waals surface area contributed by atoms with E-state index < -0.39 is 0 Å². The highest BCUT2D eigenvalue weighted by Gasteiger charge is 2.63. The Labute approximate surface area is 78.1 Å². The molecule has 1 aliphatic heterocycles. The monoisotopic (exact) mass is 181 g/mol. The van der Waals surface area contributed by atoms with Crippen LogP contribution in [-0.2, 0) is 9.53 Å². The summed E-state index contributed by atoms with van der Waals surface area (Å²) in [6.45, 7) is 4.27. The molecule has 1 N–H and O–H groups in total. The molecule has 2 atom stereocenters. The quantitative estimate of drug-likeness (QED) is 0.657. The van der Waals surface area contributed by atoms with E-state index in [0.29, 0.717) is 0 Å². The maximum absolute atomic E-state index is 11.5. The van der Waals surface area contributed by atoms with Gasteiger partial charge in [-0.1, -0.05) is 13.8 Å². The lowest BCUT2D eigenvalue weighted by atomic mass is 9.51. The molecule has 0 spiro atoms. The van der Waals surface area contributed by atoms with Crippen LogP contribution >= 0.6 is 0 Å². The van der Waals surface area contributed by atoms with Crippen molar-refractivity contribution in [3.8, 4) is 0 Å². The van der Waals surface area contributed by atoms with Gasteiger partial charge in [0, 0.05) is 13.3 Å². The number of carbonyl (C=O) groups excluding carboxylic acids is 1. The summed E-state index contributed by atoms with van der Waals surface area (Å²) in [6.07, 6.45) is 4.57. The van der Waals surface area contributed by atoms with Crippen molar-refractivity contribution in [1.82, 2.24) is 5.32 Å². The van der Waals surface area contributed by atoms with Crippen LogP contribution in [0.1, 0.15) is 20.3 Å². The first kappa shape index (κ1) is 8.75. The molecular formula is C10H15NO2. The van der Waals surface area contributed by atoms with Gasteiger partial charge in [0.25, 0.3) is 0 Å². The van der Waals surface area contributed by atoms with E-state index in [2.05, 4.69) is 19.2 Å². The van der Waals surface area contributed by atoms with Crippen LogP contribution in [0, 0.1) is 11.3 Å². The van der Waals surface area contributed by atoms with Crippen molar-refractivity contribution in [3.63, 3.8) is 0 Å². The average molecular weight is 181 g/mol. The van der Waals surface area contributed by atoms with Gasteiger partial charge < -0.3 is 10.1 Å². The number of hydrogen-bond donors (Lipinski definition) is 1. The standard InChI is InChI=1S/C10H15NO2/c1-9(2)6-7-8(12)11-5-4-10(7,9)13-3/h4-5,7H,6H2,1-3H3,(H,11,12)/t7-,10-/m1/s1. The number of rotatable bonds is 1. The molecule has 2 rings (SSSR count). The fourth-order valence-electron chi connectivity index (χ4n) is 2.63. The molecule has 0 saturated heterocycles. The van der Waals surface area contributed by atoms with Crippen LogP contribution in [0.2, 0.25) is 0 Å². The summed E-state index contributed by atoms with van der Waals surface area (Å²) in [4.78, 5) is 11.5. The van der Waals surface area contributed by atoms with Crippen molar-refractivity contribution in [2.45, 2.75) is 25.9 Å². The number of ether oxygens (including phenoxy) is 1. The van der Waals surface area contributed by atoms with Gasteiger partial charge in [-0.2, -0.15) is 0 Å². The minimum absolute atomic E-state index is 0.00231. The second kappa shape index (κ2) is 2.35. The van der Waals surface area contributed by atoms with Gasteiger partial charge in [-0.25, -0.2) is 0 Å². The topological polar surface area (TPSA) is 38.3 Å². The van der Waals surface area contributed by atoms with Gasteiger partial charge in [-0.15, -0.1) is 0 Å². The summed E-state index contributed by atoms with van der Waals surface area (Å²) in [5, 5.41) is 2.71. The molecule has 0 unspecified atom stereocenters. The number of hydrogen-bond acceptors (Lipinski definition) is 2. The Bertz CT molecular complexity index is 283. The van der Waals surface area contributed by atoms with Crippen LogP contribution in [0.4, 0.5) is 0 Å². The van der Waals surface area contributed by atoms with E-state index in [9.17, 15) is 4.79 Å². The second-order valence-electron chi connectivity index (χ2n) is 4.48. The molecule has 1 saturated carbocycles. The van der Waals surface area contributed by atoms with Crippen molar-refractivity contribution >= 4 is 5.91 Å². The molecule has 0 aromatic rings. The molecule has 0 bridgehead atoms. The first-order chi connectivity index (χ1) is 6.03. The van der Waals surface area contributed by atoms with Gasteiger partial charge in [-0.05, 0) is 17.9 Å². The zero-order valence-corrected chi connectivity index (χ0v) is 8.26. The molecule has 1 amide bonds. The molecule has 0 aromatic heterocycles. The number of carbonyl (C=O) groups is 1. The lowest BCUT2D eigenvalue weighted by molar-refractivity contribution is -0.195. The smallest absolute Gasteiger partial charge is 0.230 e. The molecule has 0 aromatic carbocycles. The average Bonchev–Trinajstić information content (AvgIpc) is 2.07. The third-order valence-electron chi connectivity index (χ3n) is 3.50. The highest BCUT2D eigenvalue weighted by atomic mass is 16.5. The van der Waals surface area contributed by atoms with E-state index in [4.69, 9.17) is 4.74 Å². The molecule has 1 aliphatic carbocycles. The molecule has 1 fully saturated rings. The molecule has 72 valence electrons. The molecule has 3 nitrogen and oxygen atoms in total. The van der Waals surface area contributed by atoms with Gasteiger partial charge >= 0.3 is 0 Å². The van der Waals surface area contributed by atoms with E-state index in [1.54, 1.807) is 13.3 Å². The van der Waals surface area contributed by atoms with Crippen LogP contribution in [0.5, 0.6) is 0 Å². The Morgan fingerprint density at radius 2 is 2.31 bits per heavy atom. The molecule has 0 radical (unpaired) electrons. The van der Waals surface area contributed by atoms with Crippen molar-refractivity contribution in [1.29, 1.82) is 0 Å². The van der Waals surface area contributed by atoms with Crippen LogP contribution < -0.4 is 5.32 Å². The van der Waals surface area contributed by atoms with E-state index in [1.807, 2.05) is 6.08 Å². The van der Waals surface area contributed by atoms with Gasteiger partial charge in [0.05, 0.1) is 5.92 Å². The lowest BCUT2D eigenvalue weighted by Gasteiger charge is -2.59. The Hall–Kier alpha value is -0.830. The van der Waals surface area contributed by atoms with Crippen molar-refractivity contribution < 1.29 is 9.53 Å². The Balaban J connectivity index is 2.39. The van der Waals surface area contributed by atoms with Gasteiger partial charge in [-0.3, -0.25) is 4.79 Å². The highest BCUT2D eigenvalue weighted by molar-refractivity contribution is 5.84. The Morgan fingerprint density at radius 3 is 2.77 bits per heavy atom. The van der Waals surface area contributed by atoms with Crippen LogP contribution in [0.3, 0.4) is 0 Å². The fourth-order valence-corrected chi connectivity index (χ4v) is 2.63. The number of nitrogens with one attached hydrogen (secondary N) is 1. The van der Waals surface area contributed by atoms with E-state index in [1.165, 1.54) is 0 Å². The number of fused-ring (bicyclic) bond motifs is 1. The molecule has 3 heteroatoms. The maximum atomic E-state index is 11.5. The third kappa shape index (κ3) is 0.854. The summed E-state index contributed by atoms with van der Waals surface area (Å²) in [7, 11) is 1.68. The first-order valence-electron chi connectivity index (χ1n) is 4.57. The molecule has 2 aliphatic rings. The van der Waals surface area contributed by atoms with E-state index >= 15 is 0 Å². The Kier molecular flexibility index (Phi) is 1.58. The normalized spacial score (nSPS) is 40.5. The number of amides is 1. The van der Waals surface area contributed by atoms with Gasteiger partial charge in [0.15, 0.2) is 0 Å². The second-order valence-corrected chi connectivity index (χ2v) is 4.48. The van der Waals surface area contributed by atoms with Gasteiger partial charge in [0.2, 0.25) is 5.91 Å². The first-order valence-corrected chi connectivity index (χ1v) is 4.57. The zero-order valence-electron chi connectivity index (χ0n) is 8.26. The van der Waals surface area contributed by atoms with Crippen LogP contribution in [0.15, 0.2) is 12.3 Å². The highest BCUT2D eigenvalue weighted by Crippen LogP contribution is 2.57. The summed E-state index contributed by atoms with van der Waals surface area (Å²) in [6, 6.07) is 0. The lowest BCUT2D eigenvalue weighted by Crippen LogP contribution is -2.67. The van der Waals surface area contributed by atoms with Crippen molar-refractivity contribution in [3.05, 3.63) is 12.3 Å².